The van der Waals surface area contributed by atoms with Crippen molar-refractivity contribution in [3.05, 3.63) is 34.3 Å². The summed E-state index contributed by atoms with van der Waals surface area (Å²) in [4.78, 5) is 12.2. The fourth-order valence-corrected chi connectivity index (χ4v) is 3.59. The Kier molecular flexibility index (Phi) is 4.92. The van der Waals surface area contributed by atoms with Crippen molar-refractivity contribution in [3.63, 3.8) is 0 Å². The van der Waals surface area contributed by atoms with Crippen LogP contribution in [0.25, 0.3) is 0 Å². The van der Waals surface area contributed by atoms with E-state index >= 15 is 0 Å². The first-order chi connectivity index (χ1) is 9.00. The summed E-state index contributed by atoms with van der Waals surface area (Å²) in [6.45, 7) is 2.47. The summed E-state index contributed by atoms with van der Waals surface area (Å²) < 4.78 is 0.981. The van der Waals surface area contributed by atoms with Gasteiger partial charge < -0.3 is 11.1 Å². The molecule has 1 aliphatic rings. The zero-order valence-corrected chi connectivity index (χ0v) is 13.4. The molecule has 0 aliphatic carbocycles. The van der Waals surface area contributed by atoms with Crippen molar-refractivity contribution >= 4 is 33.6 Å². The van der Waals surface area contributed by atoms with Gasteiger partial charge in [0.1, 0.15) is 5.54 Å². The van der Waals surface area contributed by atoms with Crippen LogP contribution in [-0.4, -0.2) is 23.5 Å². The Labute approximate surface area is 126 Å². The fourth-order valence-electron chi connectivity index (χ4n) is 2.12. The lowest BCUT2D eigenvalue weighted by Crippen LogP contribution is -2.50. The minimum absolute atomic E-state index is 0.109. The third-order valence-corrected chi connectivity index (χ3v) is 5.36. The molecule has 1 amide bonds. The summed E-state index contributed by atoms with van der Waals surface area (Å²) in [5.74, 6) is 1.09. The largest absolute Gasteiger partial charge is 0.353 e. The van der Waals surface area contributed by atoms with Gasteiger partial charge in [0.2, 0.25) is 5.91 Å². The molecule has 0 spiro atoms. The lowest BCUT2D eigenvalue weighted by atomic mass is 9.92. The Hall–Kier alpha value is -0.520. The summed E-state index contributed by atoms with van der Waals surface area (Å²) in [5, 5.41) is 3.53. The summed E-state index contributed by atoms with van der Waals surface area (Å²) in [5.41, 5.74) is 6.03. The molecule has 2 atom stereocenters. The van der Waals surface area contributed by atoms with E-state index < -0.39 is 5.54 Å². The predicted octanol–water partition coefficient (Wildman–Crippen LogP) is 2.63. The van der Waals surface area contributed by atoms with Gasteiger partial charge in [0.15, 0.2) is 0 Å². The molecule has 0 aromatic heterocycles. The summed E-state index contributed by atoms with van der Waals surface area (Å²) in [6.07, 6.45) is 2.43. The monoisotopic (exact) mass is 342 g/mol. The minimum Gasteiger partial charge on any atom is -0.353 e. The lowest BCUT2D eigenvalue weighted by Gasteiger charge is -2.25. The van der Waals surface area contributed by atoms with E-state index in [4.69, 9.17) is 5.73 Å². The number of nitrogens with one attached hydrogen (secondary N) is 1. The number of carbonyl (C=O) groups excluding carboxylic acids is 1. The molecule has 3 N–H and O–H groups in total. The van der Waals surface area contributed by atoms with Gasteiger partial charge in [-0.05, 0) is 43.2 Å². The molecule has 104 valence electrons. The Bertz CT molecular complexity index is 441. The SMILES string of the molecule is CC(N)(C(=O)NCC1CCCS1)c1ccc(Br)cc1. The molecule has 19 heavy (non-hydrogen) atoms. The first-order valence-corrected chi connectivity index (χ1v) is 8.29. The van der Waals surface area contributed by atoms with Crippen LogP contribution < -0.4 is 11.1 Å². The Balaban J connectivity index is 1.97. The molecule has 2 rings (SSSR count). The van der Waals surface area contributed by atoms with Crippen LogP contribution >= 0.6 is 27.7 Å². The first-order valence-electron chi connectivity index (χ1n) is 6.45. The van der Waals surface area contributed by atoms with E-state index in [1.807, 2.05) is 36.0 Å². The predicted molar refractivity (Wildman–Crippen MR) is 84.2 cm³/mol. The van der Waals surface area contributed by atoms with Gasteiger partial charge in [0.05, 0.1) is 0 Å². The van der Waals surface area contributed by atoms with E-state index in [9.17, 15) is 4.79 Å². The fraction of sp³-hybridized carbons (Fsp3) is 0.500. The molecule has 1 fully saturated rings. The summed E-state index contributed by atoms with van der Waals surface area (Å²) in [7, 11) is 0. The van der Waals surface area contributed by atoms with E-state index in [2.05, 4.69) is 21.2 Å². The van der Waals surface area contributed by atoms with Crippen LogP contribution in [0.4, 0.5) is 0 Å². The molecule has 0 bridgehead atoms. The second kappa shape index (κ2) is 6.29. The Morgan fingerprint density at radius 3 is 2.79 bits per heavy atom. The molecule has 1 heterocycles. The van der Waals surface area contributed by atoms with Crippen molar-refractivity contribution in [2.75, 3.05) is 12.3 Å². The van der Waals surface area contributed by atoms with E-state index in [0.29, 0.717) is 11.8 Å². The molecule has 1 aromatic carbocycles. The van der Waals surface area contributed by atoms with E-state index in [0.717, 1.165) is 10.0 Å². The number of hydrogen-bond acceptors (Lipinski definition) is 3. The molecule has 3 nitrogen and oxygen atoms in total. The molecule has 1 aromatic rings. The molecule has 5 heteroatoms. The van der Waals surface area contributed by atoms with Crippen molar-refractivity contribution in [2.24, 2.45) is 5.73 Å². The maximum Gasteiger partial charge on any atom is 0.244 e. The highest BCUT2D eigenvalue weighted by Gasteiger charge is 2.31. The highest BCUT2D eigenvalue weighted by Crippen LogP contribution is 2.26. The van der Waals surface area contributed by atoms with Gasteiger partial charge in [0, 0.05) is 16.3 Å². The van der Waals surface area contributed by atoms with Crippen molar-refractivity contribution in [3.8, 4) is 0 Å². The number of carbonyl (C=O) groups is 1. The minimum atomic E-state index is -0.982. The third-order valence-electron chi connectivity index (χ3n) is 3.43. The highest BCUT2D eigenvalue weighted by molar-refractivity contribution is 9.10. The Morgan fingerprint density at radius 2 is 2.21 bits per heavy atom. The van der Waals surface area contributed by atoms with Gasteiger partial charge in [-0.2, -0.15) is 11.8 Å². The third kappa shape index (κ3) is 3.74. The van der Waals surface area contributed by atoms with Crippen LogP contribution in [0.15, 0.2) is 28.7 Å². The number of benzene rings is 1. The first kappa shape index (κ1) is 14.9. The number of nitrogens with two attached hydrogens (primary N) is 1. The number of amides is 1. The van der Waals surface area contributed by atoms with E-state index in [1.54, 1.807) is 6.92 Å². The van der Waals surface area contributed by atoms with Crippen LogP contribution in [0.3, 0.4) is 0 Å². The van der Waals surface area contributed by atoms with Crippen LogP contribution in [0, 0.1) is 0 Å². The topological polar surface area (TPSA) is 55.1 Å². The van der Waals surface area contributed by atoms with Gasteiger partial charge in [-0.1, -0.05) is 28.1 Å². The average Bonchev–Trinajstić information content (AvgIpc) is 2.89. The molecular weight excluding hydrogens is 324 g/mol. The molecule has 2 unspecified atom stereocenters. The van der Waals surface area contributed by atoms with Crippen LogP contribution in [-0.2, 0) is 10.3 Å². The van der Waals surface area contributed by atoms with E-state index in [-0.39, 0.29) is 5.91 Å². The van der Waals surface area contributed by atoms with Crippen molar-refractivity contribution in [2.45, 2.75) is 30.6 Å². The van der Waals surface area contributed by atoms with Gasteiger partial charge in [0.25, 0.3) is 0 Å². The van der Waals surface area contributed by atoms with Crippen LogP contribution in [0.5, 0.6) is 0 Å². The lowest BCUT2D eigenvalue weighted by molar-refractivity contribution is -0.126. The van der Waals surface area contributed by atoms with E-state index in [1.165, 1.54) is 18.6 Å². The highest BCUT2D eigenvalue weighted by atomic mass is 79.9. The maximum atomic E-state index is 12.2. The molecule has 0 saturated carbocycles. The second-order valence-electron chi connectivity index (χ2n) is 5.05. The van der Waals surface area contributed by atoms with Gasteiger partial charge in [-0.15, -0.1) is 0 Å². The number of halogens is 1. The van der Waals surface area contributed by atoms with Crippen LogP contribution in [0.2, 0.25) is 0 Å². The van der Waals surface area contributed by atoms with Gasteiger partial charge in [-0.25, -0.2) is 0 Å². The quantitative estimate of drug-likeness (QED) is 0.884. The molecular formula is C14H19BrN2OS. The van der Waals surface area contributed by atoms with Crippen molar-refractivity contribution < 1.29 is 4.79 Å². The van der Waals surface area contributed by atoms with Crippen molar-refractivity contribution in [1.82, 2.24) is 5.32 Å². The number of hydrogen-bond donors (Lipinski definition) is 2. The molecule has 1 aliphatic heterocycles. The van der Waals surface area contributed by atoms with Crippen LogP contribution in [0.1, 0.15) is 25.3 Å². The molecule has 1 saturated heterocycles. The van der Waals surface area contributed by atoms with Crippen molar-refractivity contribution in [1.29, 1.82) is 0 Å². The summed E-state index contributed by atoms with van der Waals surface area (Å²) in [6, 6.07) is 7.57. The zero-order valence-electron chi connectivity index (χ0n) is 11.0. The smallest absolute Gasteiger partial charge is 0.244 e. The average molecular weight is 343 g/mol. The standard InChI is InChI=1S/C14H19BrN2OS/c1-14(16,10-4-6-11(15)7-5-10)13(18)17-9-12-3-2-8-19-12/h4-7,12H,2-3,8-9,16H2,1H3,(H,17,18). The number of thioether (sulfide) groups is 1. The second-order valence-corrected chi connectivity index (χ2v) is 7.38. The summed E-state index contributed by atoms with van der Waals surface area (Å²) >= 11 is 5.31. The number of rotatable bonds is 4. The molecule has 0 radical (unpaired) electrons. The zero-order chi connectivity index (χ0) is 13.9. The maximum absolute atomic E-state index is 12.2. The normalized spacial score (nSPS) is 21.9. The van der Waals surface area contributed by atoms with Gasteiger partial charge in [-0.3, -0.25) is 4.79 Å². The van der Waals surface area contributed by atoms with Gasteiger partial charge >= 0.3 is 0 Å². The Morgan fingerprint density at radius 1 is 1.53 bits per heavy atom.